The molecule has 0 N–H and O–H groups in total. The number of morpholine rings is 1. The van der Waals surface area contributed by atoms with Gasteiger partial charge in [-0.3, -0.25) is 4.79 Å². The first-order chi connectivity index (χ1) is 13.2. The number of benzene rings is 2. The smallest absolute Gasteiger partial charge is 0.258 e. The first-order valence-electron chi connectivity index (χ1n) is 9.25. The molecule has 7 heteroatoms. The van der Waals surface area contributed by atoms with E-state index in [1.54, 1.807) is 24.1 Å². The van der Waals surface area contributed by atoms with Crippen LogP contribution in [-0.2, 0) is 14.8 Å². The van der Waals surface area contributed by atoms with Crippen LogP contribution in [0.25, 0.3) is 0 Å². The van der Waals surface area contributed by atoms with Crippen LogP contribution in [0.3, 0.4) is 0 Å². The van der Waals surface area contributed by atoms with Crippen molar-refractivity contribution in [1.29, 1.82) is 0 Å². The van der Waals surface area contributed by atoms with Gasteiger partial charge in [0.05, 0.1) is 18.1 Å². The van der Waals surface area contributed by atoms with E-state index in [9.17, 15) is 13.2 Å². The van der Waals surface area contributed by atoms with Crippen molar-refractivity contribution in [3.05, 3.63) is 58.7 Å². The summed E-state index contributed by atoms with van der Waals surface area (Å²) in [6, 6.07) is 10.7. The van der Waals surface area contributed by atoms with Crippen molar-refractivity contribution in [1.82, 2.24) is 4.31 Å². The monoisotopic (exact) mass is 402 g/mol. The predicted octanol–water partition coefficient (Wildman–Crippen LogP) is 2.91. The molecule has 0 unspecified atom stereocenters. The van der Waals surface area contributed by atoms with Gasteiger partial charge in [-0.05, 0) is 55.7 Å². The summed E-state index contributed by atoms with van der Waals surface area (Å²) in [5.74, 6) is -0.231. The zero-order chi connectivity index (χ0) is 20.5. The molecular weight excluding hydrogens is 376 g/mol. The Bertz CT molecular complexity index is 995. The van der Waals surface area contributed by atoms with Gasteiger partial charge >= 0.3 is 0 Å². The Balaban J connectivity index is 1.97. The summed E-state index contributed by atoms with van der Waals surface area (Å²) < 4.78 is 32.6. The van der Waals surface area contributed by atoms with Crippen molar-refractivity contribution >= 4 is 21.6 Å². The van der Waals surface area contributed by atoms with Crippen LogP contribution in [0.5, 0.6) is 0 Å². The van der Waals surface area contributed by atoms with E-state index in [1.807, 2.05) is 39.0 Å². The summed E-state index contributed by atoms with van der Waals surface area (Å²) in [7, 11) is -1.94. The highest BCUT2D eigenvalue weighted by molar-refractivity contribution is 7.89. The molecule has 0 spiro atoms. The number of sulfonamides is 1. The molecule has 1 saturated heterocycles. The Morgan fingerprint density at radius 2 is 1.64 bits per heavy atom. The van der Waals surface area contributed by atoms with Crippen molar-refractivity contribution in [3.63, 3.8) is 0 Å². The molecule has 0 aliphatic carbocycles. The zero-order valence-electron chi connectivity index (χ0n) is 16.7. The van der Waals surface area contributed by atoms with Crippen molar-refractivity contribution in [2.75, 3.05) is 38.3 Å². The largest absolute Gasteiger partial charge is 0.379 e. The van der Waals surface area contributed by atoms with Crippen LogP contribution in [0.1, 0.15) is 27.0 Å². The summed E-state index contributed by atoms with van der Waals surface area (Å²) in [6.07, 6.45) is 0. The highest BCUT2D eigenvalue weighted by Gasteiger charge is 2.28. The number of aryl methyl sites for hydroxylation is 3. The van der Waals surface area contributed by atoms with Gasteiger partial charge in [0.15, 0.2) is 0 Å². The summed E-state index contributed by atoms with van der Waals surface area (Å²) in [5.41, 5.74) is 3.98. The molecule has 6 nitrogen and oxygen atoms in total. The maximum absolute atomic E-state index is 13.2. The van der Waals surface area contributed by atoms with E-state index < -0.39 is 10.0 Å². The van der Waals surface area contributed by atoms with Crippen LogP contribution in [0, 0.1) is 20.8 Å². The molecule has 2 aromatic rings. The van der Waals surface area contributed by atoms with Gasteiger partial charge < -0.3 is 9.64 Å². The van der Waals surface area contributed by atoms with Crippen LogP contribution >= 0.6 is 0 Å². The van der Waals surface area contributed by atoms with Gasteiger partial charge in [-0.15, -0.1) is 0 Å². The third-order valence-electron chi connectivity index (χ3n) is 5.08. The highest BCUT2D eigenvalue weighted by atomic mass is 32.2. The van der Waals surface area contributed by atoms with Crippen molar-refractivity contribution in [2.24, 2.45) is 0 Å². The summed E-state index contributed by atoms with van der Waals surface area (Å²) >= 11 is 0. The molecule has 1 heterocycles. The summed E-state index contributed by atoms with van der Waals surface area (Å²) in [6.45, 7) is 7.14. The fourth-order valence-electron chi connectivity index (χ4n) is 3.30. The molecule has 2 aromatic carbocycles. The second-order valence-electron chi connectivity index (χ2n) is 7.15. The van der Waals surface area contributed by atoms with Crippen LogP contribution in [-0.4, -0.2) is 52.0 Å². The number of amides is 1. The first-order valence-corrected chi connectivity index (χ1v) is 10.7. The van der Waals surface area contributed by atoms with Crippen LogP contribution in [0.4, 0.5) is 5.69 Å². The fourth-order valence-corrected chi connectivity index (χ4v) is 4.73. The van der Waals surface area contributed by atoms with Crippen LogP contribution in [0.15, 0.2) is 41.3 Å². The van der Waals surface area contributed by atoms with Crippen molar-refractivity contribution < 1.29 is 17.9 Å². The molecular formula is C21H26N2O4S. The number of carbonyl (C=O) groups excluding carboxylic acids is 1. The van der Waals surface area contributed by atoms with E-state index in [4.69, 9.17) is 4.74 Å². The average Bonchev–Trinajstić information content (AvgIpc) is 2.69. The van der Waals surface area contributed by atoms with Gasteiger partial charge in [0.1, 0.15) is 0 Å². The topological polar surface area (TPSA) is 66.9 Å². The van der Waals surface area contributed by atoms with Crippen LogP contribution in [0.2, 0.25) is 0 Å². The van der Waals surface area contributed by atoms with Crippen molar-refractivity contribution in [3.8, 4) is 0 Å². The maximum atomic E-state index is 13.2. The quantitative estimate of drug-likeness (QED) is 0.789. The number of rotatable bonds is 4. The Kier molecular flexibility index (Phi) is 5.88. The van der Waals surface area contributed by atoms with E-state index in [-0.39, 0.29) is 10.8 Å². The number of hydrogen-bond donors (Lipinski definition) is 0. The number of anilines is 1. The van der Waals surface area contributed by atoms with Crippen molar-refractivity contribution in [2.45, 2.75) is 25.7 Å². The van der Waals surface area contributed by atoms with E-state index in [1.165, 1.54) is 10.4 Å². The number of nitrogens with zero attached hydrogens (tertiary/aromatic N) is 2. The molecule has 0 bridgehead atoms. The van der Waals surface area contributed by atoms with Gasteiger partial charge in [-0.1, -0.05) is 18.2 Å². The fraction of sp³-hybridized carbons (Fsp3) is 0.381. The molecule has 1 aliphatic heterocycles. The number of ether oxygens (including phenoxy) is 1. The van der Waals surface area contributed by atoms with E-state index in [2.05, 4.69) is 0 Å². The molecule has 0 radical (unpaired) electrons. The first kappa shape index (κ1) is 20.5. The molecule has 0 saturated carbocycles. The highest BCUT2D eigenvalue weighted by Crippen LogP contribution is 2.25. The number of carbonyl (C=O) groups is 1. The second kappa shape index (κ2) is 8.03. The third-order valence-corrected chi connectivity index (χ3v) is 6.97. The maximum Gasteiger partial charge on any atom is 0.258 e. The molecule has 1 aliphatic rings. The lowest BCUT2D eigenvalue weighted by Gasteiger charge is -2.26. The molecule has 0 atom stereocenters. The van der Waals surface area contributed by atoms with Crippen LogP contribution < -0.4 is 4.90 Å². The molecule has 28 heavy (non-hydrogen) atoms. The third kappa shape index (κ3) is 3.97. The summed E-state index contributed by atoms with van der Waals surface area (Å²) in [4.78, 5) is 14.9. The zero-order valence-corrected chi connectivity index (χ0v) is 17.5. The molecule has 1 fully saturated rings. The minimum absolute atomic E-state index is 0.137. The van der Waals surface area contributed by atoms with E-state index >= 15 is 0 Å². The Hall–Kier alpha value is -2.22. The molecule has 3 rings (SSSR count). The minimum atomic E-state index is -3.66. The van der Waals surface area contributed by atoms with Gasteiger partial charge in [0, 0.05) is 31.4 Å². The summed E-state index contributed by atoms with van der Waals surface area (Å²) in [5, 5.41) is 0. The lowest BCUT2D eigenvalue weighted by atomic mass is 10.1. The molecule has 150 valence electrons. The minimum Gasteiger partial charge on any atom is -0.379 e. The van der Waals surface area contributed by atoms with Gasteiger partial charge in [0.25, 0.3) is 5.91 Å². The molecule has 1 amide bonds. The average molecular weight is 403 g/mol. The Labute approximate surface area is 166 Å². The second-order valence-corrected chi connectivity index (χ2v) is 9.09. The molecule has 0 aromatic heterocycles. The van der Waals surface area contributed by atoms with E-state index in [0.29, 0.717) is 31.9 Å². The van der Waals surface area contributed by atoms with Gasteiger partial charge in [0.2, 0.25) is 10.0 Å². The predicted molar refractivity (Wildman–Crippen MR) is 109 cm³/mol. The Morgan fingerprint density at radius 3 is 2.32 bits per heavy atom. The Morgan fingerprint density at radius 1 is 1.00 bits per heavy atom. The standard InChI is InChI=1S/C21H26N2O4S/c1-15-5-6-17(3)20(13-15)22(4)21(24)19-14-18(8-7-16(19)2)28(25,26)23-9-11-27-12-10-23/h5-8,13-14H,9-12H2,1-4H3. The lowest BCUT2D eigenvalue weighted by molar-refractivity contribution is 0.0730. The lowest BCUT2D eigenvalue weighted by Crippen LogP contribution is -2.40. The van der Waals surface area contributed by atoms with Gasteiger partial charge in [-0.25, -0.2) is 8.42 Å². The van der Waals surface area contributed by atoms with E-state index in [0.717, 1.165) is 22.4 Å². The normalized spacial score (nSPS) is 15.4. The number of hydrogen-bond acceptors (Lipinski definition) is 4. The van der Waals surface area contributed by atoms with Gasteiger partial charge in [-0.2, -0.15) is 4.31 Å². The SMILES string of the molecule is Cc1ccc(C)c(N(C)C(=O)c2cc(S(=O)(=O)N3CCOCC3)ccc2C)c1.